The van der Waals surface area contributed by atoms with Crippen LogP contribution in [0.4, 0.5) is 52.7 Å². The Morgan fingerprint density at radius 2 is 1.04 bits per heavy atom. The largest absolute Gasteiger partial charge is 0.403 e. The number of alkyl halides is 12. The molecule has 1 saturated carbocycles. The van der Waals surface area contributed by atoms with E-state index in [4.69, 9.17) is 0 Å². The van der Waals surface area contributed by atoms with Crippen LogP contribution in [-0.2, 0) is 0 Å². The van der Waals surface area contributed by atoms with E-state index in [9.17, 15) is 52.7 Å². The first kappa shape index (κ1) is 24.2. The highest BCUT2D eigenvalue weighted by Crippen LogP contribution is 2.61. The van der Waals surface area contributed by atoms with Crippen LogP contribution in [0.15, 0.2) is 0 Å². The molecule has 0 aliphatic heterocycles. The van der Waals surface area contributed by atoms with Crippen LogP contribution < -0.4 is 0 Å². The third-order valence-electron chi connectivity index (χ3n) is 5.73. The van der Waals surface area contributed by atoms with Gasteiger partial charge in [-0.25, -0.2) is 0 Å². The first-order chi connectivity index (χ1) is 11.7. The molecule has 0 bridgehead atoms. The van der Waals surface area contributed by atoms with Gasteiger partial charge in [0.25, 0.3) is 0 Å². The zero-order valence-corrected chi connectivity index (χ0v) is 14.2. The van der Waals surface area contributed by atoms with Crippen LogP contribution in [0.3, 0.4) is 0 Å². The minimum atomic E-state index is -5.74. The van der Waals surface area contributed by atoms with Crippen molar-refractivity contribution in [2.75, 3.05) is 0 Å². The maximum absolute atomic E-state index is 13.1. The molecule has 162 valence electrons. The monoisotopic (exact) mass is 426 g/mol. The van der Waals surface area contributed by atoms with Gasteiger partial charge < -0.3 is 0 Å². The number of hydrogen-bond donors (Lipinski definition) is 0. The van der Waals surface area contributed by atoms with Crippen LogP contribution in [0.5, 0.6) is 0 Å². The molecule has 1 rings (SSSR count). The minimum absolute atomic E-state index is 0.0905. The van der Waals surface area contributed by atoms with E-state index in [1.165, 1.54) is 0 Å². The Hall–Kier alpha value is -0.840. The van der Waals surface area contributed by atoms with Crippen LogP contribution >= 0.6 is 0 Å². The molecule has 0 aromatic heterocycles. The molecule has 0 spiro atoms. The van der Waals surface area contributed by atoms with E-state index < -0.39 is 66.6 Å². The molecule has 2 atom stereocenters. The van der Waals surface area contributed by atoms with Gasteiger partial charge in [0.05, 0.1) is 0 Å². The molecular weight excluding hydrogens is 408 g/mol. The Morgan fingerprint density at radius 3 is 1.37 bits per heavy atom. The molecule has 1 fully saturated rings. The lowest BCUT2D eigenvalue weighted by Crippen LogP contribution is -2.54. The fraction of sp³-hybridized carbons (Fsp3) is 1.00. The zero-order chi connectivity index (χ0) is 21.7. The highest BCUT2D eigenvalue weighted by atomic mass is 19.4. The van der Waals surface area contributed by atoms with Crippen molar-refractivity contribution in [2.45, 2.75) is 70.7 Å². The van der Waals surface area contributed by atoms with Gasteiger partial charge >= 0.3 is 24.7 Å². The Labute approximate surface area is 147 Å². The van der Waals surface area contributed by atoms with Crippen LogP contribution in [0, 0.1) is 22.7 Å². The highest BCUT2D eigenvalue weighted by Gasteiger charge is 2.72. The molecule has 0 nitrogen and oxygen atoms in total. The van der Waals surface area contributed by atoms with E-state index in [0.29, 0.717) is 0 Å². The van der Waals surface area contributed by atoms with Gasteiger partial charge in [-0.1, -0.05) is 12.8 Å². The molecule has 0 heterocycles. The average Bonchev–Trinajstić information content (AvgIpc) is 2.41. The summed E-state index contributed by atoms with van der Waals surface area (Å²) in [7, 11) is 0. The summed E-state index contributed by atoms with van der Waals surface area (Å²) in [4.78, 5) is 0. The standard InChI is InChI=1S/C15H18F12/c1-10(12(16,17)18,13(19,20)21)7-8-4-3-5-9(6-8)11(2,14(22,23)24)15(25,26)27/h8-9H,3-7H2,1-2H3. The van der Waals surface area contributed by atoms with Gasteiger partial charge in [-0.05, 0) is 44.9 Å². The third kappa shape index (κ3) is 4.28. The van der Waals surface area contributed by atoms with Gasteiger partial charge in [0, 0.05) is 0 Å². The van der Waals surface area contributed by atoms with E-state index >= 15 is 0 Å². The van der Waals surface area contributed by atoms with Gasteiger partial charge in [-0.15, -0.1) is 0 Å². The Morgan fingerprint density at radius 1 is 0.630 bits per heavy atom. The highest BCUT2D eigenvalue weighted by molar-refractivity contribution is 4.99. The summed E-state index contributed by atoms with van der Waals surface area (Å²) >= 11 is 0. The van der Waals surface area contributed by atoms with Gasteiger partial charge in [0.2, 0.25) is 0 Å². The van der Waals surface area contributed by atoms with E-state index in [-0.39, 0.29) is 26.7 Å². The quantitative estimate of drug-likeness (QED) is 0.412. The van der Waals surface area contributed by atoms with Gasteiger partial charge in [0.1, 0.15) is 0 Å². The van der Waals surface area contributed by atoms with Crippen LogP contribution in [0.1, 0.15) is 46.0 Å². The van der Waals surface area contributed by atoms with Crippen molar-refractivity contribution in [1.82, 2.24) is 0 Å². The molecule has 0 aromatic carbocycles. The second kappa shape index (κ2) is 6.89. The maximum atomic E-state index is 13.1. The summed E-state index contributed by atoms with van der Waals surface area (Å²) in [5.41, 5.74) is -8.41. The lowest BCUT2D eigenvalue weighted by atomic mass is 9.63. The number of halogens is 12. The van der Waals surface area contributed by atoms with E-state index in [1.807, 2.05) is 0 Å². The summed E-state index contributed by atoms with van der Waals surface area (Å²) in [6.07, 6.45) is -26.8. The maximum Gasteiger partial charge on any atom is 0.403 e. The smallest absolute Gasteiger partial charge is 0.170 e. The van der Waals surface area contributed by atoms with Crippen LogP contribution in [0.2, 0.25) is 0 Å². The van der Waals surface area contributed by atoms with Crippen molar-refractivity contribution in [1.29, 1.82) is 0 Å². The van der Waals surface area contributed by atoms with Gasteiger partial charge in [-0.3, -0.25) is 0 Å². The van der Waals surface area contributed by atoms with Crippen LogP contribution in [0.25, 0.3) is 0 Å². The average molecular weight is 426 g/mol. The summed E-state index contributed by atoms with van der Waals surface area (Å²) in [5, 5.41) is 0. The molecule has 0 saturated heterocycles. The predicted molar refractivity (Wildman–Crippen MR) is 70.5 cm³/mol. The van der Waals surface area contributed by atoms with E-state index in [2.05, 4.69) is 0 Å². The summed E-state index contributed by atoms with van der Waals surface area (Å²) < 4.78 is 157. The number of rotatable bonds is 3. The Balaban J connectivity index is 3.20. The second-order valence-corrected chi connectivity index (χ2v) is 7.46. The van der Waals surface area contributed by atoms with E-state index in [0.717, 1.165) is 0 Å². The second-order valence-electron chi connectivity index (χ2n) is 7.46. The van der Waals surface area contributed by atoms with Crippen molar-refractivity contribution in [3.05, 3.63) is 0 Å². The van der Waals surface area contributed by atoms with Crippen molar-refractivity contribution in [2.24, 2.45) is 22.7 Å². The fourth-order valence-corrected chi connectivity index (χ4v) is 3.59. The van der Waals surface area contributed by atoms with Crippen molar-refractivity contribution >= 4 is 0 Å². The first-order valence-electron chi connectivity index (χ1n) is 7.95. The van der Waals surface area contributed by atoms with Crippen molar-refractivity contribution in [3.63, 3.8) is 0 Å². The number of hydrogen-bond acceptors (Lipinski definition) is 0. The lowest BCUT2D eigenvalue weighted by molar-refractivity contribution is -0.358. The van der Waals surface area contributed by atoms with Crippen LogP contribution in [-0.4, -0.2) is 24.7 Å². The normalized spacial score (nSPS) is 24.2. The topological polar surface area (TPSA) is 0 Å². The van der Waals surface area contributed by atoms with Gasteiger partial charge in [-0.2, -0.15) is 52.7 Å². The predicted octanol–water partition coefficient (Wildman–Crippen LogP) is 7.44. The third-order valence-corrected chi connectivity index (χ3v) is 5.73. The van der Waals surface area contributed by atoms with Gasteiger partial charge in [0.15, 0.2) is 10.8 Å². The lowest BCUT2D eigenvalue weighted by Gasteiger charge is -2.45. The fourth-order valence-electron chi connectivity index (χ4n) is 3.59. The summed E-state index contributed by atoms with van der Waals surface area (Å²) in [5.74, 6) is -3.72. The molecule has 12 heteroatoms. The minimum Gasteiger partial charge on any atom is -0.170 e. The molecule has 27 heavy (non-hydrogen) atoms. The molecule has 1 aliphatic carbocycles. The molecule has 0 radical (unpaired) electrons. The molecule has 0 aromatic rings. The zero-order valence-electron chi connectivity index (χ0n) is 14.2. The molecule has 0 N–H and O–H groups in total. The van der Waals surface area contributed by atoms with E-state index in [1.54, 1.807) is 0 Å². The molecule has 1 aliphatic rings. The molecular formula is C15H18F12. The Kier molecular flexibility index (Phi) is 6.18. The first-order valence-corrected chi connectivity index (χ1v) is 7.95. The Bertz CT molecular complexity index is 479. The summed E-state index contributed by atoms with van der Waals surface area (Å²) in [6.45, 7) is -0.212. The molecule has 2 unspecified atom stereocenters. The summed E-state index contributed by atoms with van der Waals surface area (Å²) in [6, 6.07) is 0. The SMILES string of the molecule is CC(CC1CCCC(C(C)(C(F)(F)F)C(F)(F)F)C1)(C(F)(F)F)C(F)(F)F. The van der Waals surface area contributed by atoms with Crippen molar-refractivity contribution in [3.8, 4) is 0 Å². The molecule has 0 amide bonds. The van der Waals surface area contributed by atoms with Crippen molar-refractivity contribution < 1.29 is 52.7 Å².